The van der Waals surface area contributed by atoms with Crippen LogP contribution in [-0.4, -0.2) is 22.2 Å². The van der Waals surface area contributed by atoms with Crippen molar-refractivity contribution >= 4 is 17.5 Å². The molecule has 6 nitrogen and oxygen atoms in total. The van der Waals surface area contributed by atoms with Gasteiger partial charge in [0.05, 0.1) is 10.7 Å². The van der Waals surface area contributed by atoms with Crippen LogP contribution in [0.25, 0.3) is 0 Å². The molecule has 0 fully saturated rings. The summed E-state index contributed by atoms with van der Waals surface area (Å²) >= 11 is 5.76. The molecule has 2 aromatic carbocycles. The second-order valence-corrected chi connectivity index (χ2v) is 10.0. The average molecular weight is 560 g/mol. The van der Waals surface area contributed by atoms with E-state index in [4.69, 9.17) is 20.8 Å². The molecule has 2 heterocycles. The van der Waals surface area contributed by atoms with Gasteiger partial charge < -0.3 is 14.5 Å². The molecule has 0 aliphatic rings. The van der Waals surface area contributed by atoms with Crippen molar-refractivity contribution in [3.63, 3.8) is 0 Å². The Labute approximate surface area is 229 Å². The molecular weight excluding hydrogens is 531 g/mol. The third-order valence-corrected chi connectivity index (χ3v) is 7.02. The maximum Gasteiger partial charge on any atom is 0.436 e. The number of hydrogen-bond donors (Lipinski definition) is 1. The molecule has 4 aromatic rings. The lowest BCUT2D eigenvalue weighted by molar-refractivity contribution is -0.141. The molecule has 1 amide bonds. The Bertz CT molecular complexity index is 1410. The number of hydrogen-bond acceptors (Lipinski definition) is 4. The van der Waals surface area contributed by atoms with Crippen molar-refractivity contribution in [1.82, 2.24) is 15.1 Å². The summed E-state index contributed by atoms with van der Waals surface area (Å²) in [6, 6.07) is 21.4. The third kappa shape index (κ3) is 6.65. The monoisotopic (exact) mass is 559 g/mol. The molecule has 206 valence electrons. The minimum Gasteiger partial charge on any atom is -0.486 e. The number of ether oxygens (including phenoxy) is 1. The fourth-order valence-corrected chi connectivity index (χ4v) is 4.40. The number of benzene rings is 2. The predicted molar refractivity (Wildman–Crippen MR) is 142 cm³/mol. The van der Waals surface area contributed by atoms with Gasteiger partial charge in [-0.25, -0.2) is 0 Å². The van der Waals surface area contributed by atoms with Crippen LogP contribution in [0.15, 0.2) is 71.1 Å². The van der Waals surface area contributed by atoms with Crippen molar-refractivity contribution in [3.05, 3.63) is 106 Å². The van der Waals surface area contributed by atoms with Crippen LogP contribution in [0.3, 0.4) is 0 Å². The van der Waals surface area contributed by atoms with Crippen LogP contribution >= 0.6 is 11.6 Å². The summed E-state index contributed by atoms with van der Waals surface area (Å²) < 4.78 is 51.5. The Morgan fingerprint density at radius 3 is 2.33 bits per heavy atom. The lowest BCUT2D eigenvalue weighted by Gasteiger charge is -2.26. The van der Waals surface area contributed by atoms with E-state index in [0.717, 1.165) is 5.56 Å². The van der Waals surface area contributed by atoms with E-state index in [1.54, 1.807) is 12.1 Å². The van der Waals surface area contributed by atoms with Gasteiger partial charge in [0, 0.05) is 18.5 Å². The van der Waals surface area contributed by atoms with Gasteiger partial charge in [-0.2, -0.15) is 18.3 Å². The maximum absolute atomic E-state index is 13.0. The van der Waals surface area contributed by atoms with E-state index in [1.165, 1.54) is 17.2 Å². The number of halogens is 4. The number of alkyl halides is 3. The summed E-state index contributed by atoms with van der Waals surface area (Å²) in [6.07, 6.45) is -4.26. The van der Waals surface area contributed by atoms with E-state index in [2.05, 4.69) is 36.4 Å². The second-order valence-electron chi connectivity index (χ2n) is 9.65. The van der Waals surface area contributed by atoms with Gasteiger partial charge in [-0.05, 0) is 48.7 Å². The summed E-state index contributed by atoms with van der Waals surface area (Å²) in [5, 5.41) is 5.83. The first-order chi connectivity index (χ1) is 18.5. The fraction of sp³-hybridized carbons (Fsp3) is 0.310. The van der Waals surface area contributed by atoms with Gasteiger partial charge in [0.1, 0.15) is 18.1 Å². The van der Waals surface area contributed by atoms with Crippen LogP contribution < -0.4 is 10.1 Å². The molecular formula is C29H29ClF3N3O3. The molecule has 0 unspecified atom stereocenters. The normalized spacial score (nSPS) is 12.0. The Morgan fingerprint density at radius 1 is 1.03 bits per heavy atom. The minimum atomic E-state index is -4.62. The number of nitrogens with zero attached hydrogens (tertiary/aromatic N) is 2. The van der Waals surface area contributed by atoms with Crippen LogP contribution in [0.5, 0.6) is 5.75 Å². The highest BCUT2D eigenvalue weighted by molar-refractivity contribution is 6.31. The summed E-state index contributed by atoms with van der Waals surface area (Å²) in [5.41, 5.74) is 1.34. The van der Waals surface area contributed by atoms with Crippen LogP contribution in [0.1, 0.15) is 59.1 Å². The van der Waals surface area contributed by atoms with Gasteiger partial charge in [0.25, 0.3) is 5.91 Å². The van der Waals surface area contributed by atoms with Crippen molar-refractivity contribution < 1.29 is 27.1 Å². The van der Waals surface area contributed by atoms with E-state index < -0.39 is 22.8 Å². The van der Waals surface area contributed by atoms with Crippen molar-refractivity contribution in [2.45, 2.75) is 51.9 Å². The molecule has 0 saturated carbocycles. The molecule has 0 aliphatic heterocycles. The lowest BCUT2D eigenvalue weighted by atomic mass is 9.78. The Hall–Kier alpha value is -3.72. The number of aromatic nitrogens is 2. The summed E-state index contributed by atoms with van der Waals surface area (Å²) in [7, 11) is 0. The van der Waals surface area contributed by atoms with E-state index in [0.29, 0.717) is 17.9 Å². The smallest absolute Gasteiger partial charge is 0.436 e. The fourth-order valence-electron chi connectivity index (χ4n) is 4.16. The van der Waals surface area contributed by atoms with Gasteiger partial charge in [0.2, 0.25) is 0 Å². The zero-order valence-electron chi connectivity index (χ0n) is 21.8. The molecule has 0 radical (unpaired) electrons. The Morgan fingerprint density at radius 2 is 1.69 bits per heavy atom. The molecule has 0 bridgehead atoms. The van der Waals surface area contributed by atoms with Crippen molar-refractivity contribution in [1.29, 1.82) is 0 Å². The van der Waals surface area contributed by atoms with E-state index in [1.807, 2.05) is 42.5 Å². The zero-order chi connectivity index (χ0) is 28.2. The summed E-state index contributed by atoms with van der Waals surface area (Å²) in [4.78, 5) is 12.4. The molecule has 1 N–H and O–H groups in total. The summed E-state index contributed by atoms with van der Waals surface area (Å²) in [6.45, 7) is 6.34. The van der Waals surface area contributed by atoms with E-state index in [9.17, 15) is 18.0 Å². The van der Waals surface area contributed by atoms with Gasteiger partial charge in [-0.15, -0.1) is 0 Å². The molecule has 0 atom stereocenters. The highest BCUT2D eigenvalue weighted by Gasteiger charge is 2.38. The van der Waals surface area contributed by atoms with Gasteiger partial charge >= 0.3 is 6.18 Å². The van der Waals surface area contributed by atoms with Crippen molar-refractivity contribution in [2.75, 3.05) is 6.54 Å². The molecule has 2 aromatic heterocycles. The van der Waals surface area contributed by atoms with Gasteiger partial charge in [-0.3, -0.25) is 9.48 Å². The number of carbonyl (C=O) groups is 1. The van der Waals surface area contributed by atoms with E-state index >= 15 is 0 Å². The quantitative estimate of drug-likeness (QED) is 0.209. The predicted octanol–water partition coefficient (Wildman–Crippen LogP) is 7.18. The van der Waals surface area contributed by atoms with Crippen molar-refractivity contribution in [3.8, 4) is 5.75 Å². The zero-order valence-corrected chi connectivity index (χ0v) is 22.6. The number of aryl methyl sites for hydroxylation is 1. The van der Waals surface area contributed by atoms with Gasteiger partial charge in [0.15, 0.2) is 11.5 Å². The highest BCUT2D eigenvalue weighted by Crippen LogP contribution is 2.35. The minimum absolute atomic E-state index is 0.117. The number of carbonyl (C=O) groups excluding carboxylic acids is 1. The Balaban J connectivity index is 1.25. The first kappa shape index (κ1) is 28.3. The first-order valence-electron chi connectivity index (χ1n) is 12.4. The van der Waals surface area contributed by atoms with Crippen LogP contribution in [-0.2, 0) is 24.7 Å². The average Bonchev–Trinajstić information content (AvgIpc) is 3.51. The largest absolute Gasteiger partial charge is 0.486 e. The second kappa shape index (κ2) is 11.6. The summed E-state index contributed by atoms with van der Waals surface area (Å²) in [5.74, 6) is 0.842. The highest BCUT2D eigenvalue weighted by atomic mass is 35.5. The van der Waals surface area contributed by atoms with E-state index in [-0.39, 0.29) is 36.6 Å². The van der Waals surface area contributed by atoms with Gasteiger partial charge in [-0.1, -0.05) is 67.9 Å². The topological polar surface area (TPSA) is 69.3 Å². The molecule has 4 rings (SSSR count). The lowest BCUT2D eigenvalue weighted by Crippen LogP contribution is -2.25. The Kier molecular flexibility index (Phi) is 8.39. The maximum atomic E-state index is 13.0. The number of amides is 1. The number of rotatable bonds is 10. The third-order valence-electron chi connectivity index (χ3n) is 6.57. The number of nitrogens with one attached hydrogen (secondary N) is 1. The SMILES string of the molecule is Cc1c(Cl)c(C(F)(F)F)nn1CCCNC(=O)c1ccc(COc2ccc(C(C)(C)c3ccccc3)cc2)o1. The van der Waals surface area contributed by atoms with Crippen LogP contribution in [0.2, 0.25) is 5.02 Å². The number of furan rings is 1. The molecule has 0 saturated heterocycles. The molecule has 39 heavy (non-hydrogen) atoms. The van der Waals surface area contributed by atoms with Crippen molar-refractivity contribution in [2.24, 2.45) is 0 Å². The molecule has 0 spiro atoms. The first-order valence-corrected chi connectivity index (χ1v) is 12.8. The molecule has 10 heteroatoms. The molecule has 0 aliphatic carbocycles. The van der Waals surface area contributed by atoms with Crippen LogP contribution in [0.4, 0.5) is 13.2 Å². The van der Waals surface area contributed by atoms with Crippen LogP contribution in [0, 0.1) is 6.92 Å². The standard InChI is InChI=1S/C29H29ClF3N3O3/c1-19-25(30)26(29(31,32)33)35-36(19)17-7-16-34-27(37)24-15-14-23(39-24)18-38-22-12-10-21(11-13-22)28(2,3)20-8-5-4-6-9-20/h4-6,8-15H,7,16-18H2,1-3H3,(H,34,37).